The second kappa shape index (κ2) is 8.90. The van der Waals surface area contributed by atoms with Crippen molar-refractivity contribution in [2.24, 2.45) is 5.92 Å². The highest BCUT2D eigenvalue weighted by Crippen LogP contribution is 2.24. The van der Waals surface area contributed by atoms with E-state index in [-0.39, 0.29) is 10.7 Å². The van der Waals surface area contributed by atoms with Crippen LogP contribution in [0.2, 0.25) is 0 Å². The van der Waals surface area contributed by atoms with E-state index in [9.17, 15) is 19.6 Å². The highest BCUT2D eigenvalue weighted by molar-refractivity contribution is 7.80. The Balaban J connectivity index is 1.90. The lowest BCUT2D eigenvalue weighted by Crippen LogP contribution is -2.57. The number of aryl methyl sites for hydroxylation is 3. The zero-order valence-corrected chi connectivity index (χ0v) is 18.0. The Labute approximate surface area is 185 Å². The minimum absolute atomic E-state index is 0.0503. The Kier molecular flexibility index (Phi) is 6.28. The van der Waals surface area contributed by atoms with Crippen molar-refractivity contribution in [1.29, 1.82) is 5.26 Å². The zero-order chi connectivity index (χ0) is 22.7. The number of hydrogen-bond acceptors (Lipinski definition) is 5. The van der Waals surface area contributed by atoms with Crippen LogP contribution < -0.4 is 15.5 Å². The minimum atomic E-state index is -1.37. The van der Waals surface area contributed by atoms with Crippen molar-refractivity contribution in [2.75, 3.05) is 10.2 Å². The molecule has 1 aliphatic heterocycles. The zero-order valence-electron chi connectivity index (χ0n) is 17.2. The van der Waals surface area contributed by atoms with Crippen molar-refractivity contribution in [2.45, 2.75) is 20.8 Å². The molecule has 2 aromatic rings. The first-order chi connectivity index (χ1) is 14.7. The maximum absolute atomic E-state index is 13.1. The smallest absolute Gasteiger partial charge is 0.266 e. The molecule has 7 nitrogen and oxygen atoms in total. The van der Waals surface area contributed by atoms with Gasteiger partial charge in [-0.3, -0.25) is 19.3 Å². The first-order valence-corrected chi connectivity index (χ1v) is 9.88. The van der Waals surface area contributed by atoms with Crippen LogP contribution in [0.25, 0.3) is 0 Å². The third-order valence-electron chi connectivity index (χ3n) is 4.93. The van der Waals surface area contributed by atoms with Gasteiger partial charge >= 0.3 is 0 Å². The van der Waals surface area contributed by atoms with Crippen molar-refractivity contribution in [3.8, 4) is 6.07 Å². The lowest BCUT2D eigenvalue weighted by Gasteiger charge is -2.31. The number of thiocarbonyl (C=S) groups is 1. The summed E-state index contributed by atoms with van der Waals surface area (Å²) in [5, 5.41) is 14.5. The summed E-state index contributed by atoms with van der Waals surface area (Å²) in [6, 6.07) is 14.2. The first-order valence-electron chi connectivity index (χ1n) is 9.47. The predicted molar refractivity (Wildman–Crippen MR) is 121 cm³/mol. The van der Waals surface area contributed by atoms with Gasteiger partial charge in [-0.05, 0) is 80.0 Å². The van der Waals surface area contributed by atoms with Gasteiger partial charge in [0.05, 0.1) is 5.69 Å². The number of hydrogen-bond donors (Lipinski definition) is 2. The van der Waals surface area contributed by atoms with E-state index in [1.54, 1.807) is 36.4 Å². The third kappa shape index (κ3) is 4.68. The van der Waals surface area contributed by atoms with Gasteiger partial charge in [-0.15, -0.1) is 0 Å². The van der Waals surface area contributed by atoms with Crippen LogP contribution in [-0.2, 0) is 14.4 Å². The fourth-order valence-corrected chi connectivity index (χ4v) is 3.39. The lowest BCUT2D eigenvalue weighted by molar-refractivity contribution is -0.131. The van der Waals surface area contributed by atoms with Crippen LogP contribution in [0.3, 0.4) is 0 Å². The van der Waals surface area contributed by atoms with E-state index in [4.69, 9.17) is 12.2 Å². The topological polar surface area (TPSA) is 102 Å². The van der Waals surface area contributed by atoms with Crippen LogP contribution in [0.4, 0.5) is 11.4 Å². The van der Waals surface area contributed by atoms with Gasteiger partial charge in [-0.2, -0.15) is 5.26 Å². The molecule has 0 unspecified atom stereocenters. The maximum Gasteiger partial charge on any atom is 0.266 e. The number of rotatable bonds is 4. The molecule has 2 N–H and O–H groups in total. The number of nitrogens with zero attached hydrogens (tertiary/aromatic N) is 2. The van der Waals surface area contributed by atoms with Crippen LogP contribution >= 0.6 is 12.2 Å². The van der Waals surface area contributed by atoms with Crippen molar-refractivity contribution >= 4 is 46.4 Å². The number of benzene rings is 2. The normalized spacial score (nSPS) is 16.6. The summed E-state index contributed by atoms with van der Waals surface area (Å²) in [5.74, 6) is -3.40. The summed E-state index contributed by atoms with van der Waals surface area (Å²) < 4.78 is 0. The van der Waals surface area contributed by atoms with E-state index in [0.29, 0.717) is 11.4 Å². The highest BCUT2D eigenvalue weighted by atomic mass is 32.1. The summed E-state index contributed by atoms with van der Waals surface area (Å²) in [6.45, 7) is 5.70. The van der Waals surface area contributed by atoms with Crippen LogP contribution in [0.5, 0.6) is 0 Å². The van der Waals surface area contributed by atoms with Crippen molar-refractivity contribution < 1.29 is 14.4 Å². The second-order valence-electron chi connectivity index (χ2n) is 7.23. The summed E-state index contributed by atoms with van der Waals surface area (Å²) in [4.78, 5) is 39.3. The van der Waals surface area contributed by atoms with Crippen molar-refractivity contribution in [3.63, 3.8) is 0 Å². The van der Waals surface area contributed by atoms with Crippen LogP contribution in [0.15, 0.2) is 54.1 Å². The Morgan fingerprint density at radius 3 is 2.55 bits per heavy atom. The van der Waals surface area contributed by atoms with E-state index >= 15 is 0 Å². The monoisotopic (exact) mass is 432 g/mol. The highest BCUT2D eigenvalue weighted by Gasteiger charge is 2.39. The summed E-state index contributed by atoms with van der Waals surface area (Å²) in [6.07, 6.45) is 1.07. The van der Waals surface area contributed by atoms with Crippen LogP contribution in [0, 0.1) is 38.0 Å². The third-order valence-corrected chi connectivity index (χ3v) is 5.21. The molecule has 1 atom stereocenters. The van der Waals surface area contributed by atoms with Gasteiger partial charge < -0.3 is 10.6 Å². The van der Waals surface area contributed by atoms with E-state index in [2.05, 4.69) is 10.6 Å². The van der Waals surface area contributed by atoms with Crippen LogP contribution in [0.1, 0.15) is 16.7 Å². The molecular weight excluding hydrogens is 412 g/mol. The molecular formula is C23H20N4O3S. The molecule has 8 heteroatoms. The number of amides is 3. The summed E-state index contributed by atoms with van der Waals surface area (Å²) in [7, 11) is 0. The molecule has 0 spiro atoms. The molecule has 1 aliphatic rings. The molecule has 31 heavy (non-hydrogen) atoms. The molecule has 3 amide bonds. The molecule has 0 aliphatic carbocycles. The Morgan fingerprint density at radius 2 is 1.90 bits per heavy atom. The van der Waals surface area contributed by atoms with Crippen LogP contribution in [-0.4, -0.2) is 22.8 Å². The Bertz CT molecular complexity index is 1180. The molecule has 1 fully saturated rings. The number of carbonyl (C=O) groups excluding carboxylic acids is 3. The molecule has 1 saturated heterocycles. The van der Waals surface area contributed by atoms with E-state index in [0.717, 1.165) is 22.8 Å². The van der Waals surface area contributed by atoms with Crippen molar-refractivity contribution in [1.82, 2.24) is 5.32 Å². The van der Waals surface area contributed by atoms with Crippen molar-refractivity contribution in [3.05, 3.63) is 70.8 Å². The van der Waals surface area contributed by atoms with Gasteiger partial charge in [0, 0.05) is 5.69 Å². The van der Waals surface area contributed by atoms with Gasteiger partial charge in [0.2, 0.25) is 11.8 Å². The van der Waals surface area contributed by atoms with E-state index < -0.39 is 23.6 Å². The fourth-order valence-electron chi connectivity index (χ4n) is 3.10. The first kappa shape index (κ1) is 21.9. The average Bonchev–Trinajstić information content (AvgIpc) is 2.70. The van der Waals surface area contributed by atoms with Gasteiger partial charge in [0.1, 0.15) is 17.6 Å². The fraction of sp³-hybridized carbons (Fsp3) is 0.174. The Morgan fingerprint density at radius 1 is 1.16 bits per heavy atom. The molecule has 0 aromatic heterocycles. The van der Waals surface area contributed by atoms with E-state index in [1.807, 2.05) is 32.9 Å². The molecule has 0 radical (unpaired) electrons. The number of nitriles is 1. The minimum Gasteiger partial charge on any atom is -0.321 e. The molecule has 0 saturated carbocycles. The molecule has 3 rings (SSSR count). The van der Waals surface area contributed by atoms with Gasteiger partial charge in [-0.25, -0.2) is 0 Å². The maximum atomic E-state index is 13.1. The molecule has 156 valence electrons. The average molecular weight is 433 g/mol. The number of carbonyl (C=O) groups is 3. The Hall–Kier alpha value is -3.83. The summed E-state index contributed by atoms with van der Waals surface area (Å²) in [5.41, 5.74) is 3.58. The molecule has 1 heterocycles. The van der Waals surface area contributed by atoms with Gasteiger partial charge in [0.25, 0.3) is 5.91 Å². The number of anilines is 2. The molecule has 0 bridgehead atoms. The van der Waals surface area contributed by atoms with Gasteiger partial charge in [-0.1, -0.05) is 18.2 Å². The SMILES string of the molecule is Cc1cccc(NC(=O)/C(C#N)=C/[C@H]2C(=O)NC(=S)N(c3ccc(C)c(C)c3)C2=O)c1. The quantitative estimate of drug-likeness (QED) is 0.335. The van der Waals surface area contributed by atoms with Gasteiger partial charge in [0.15, 0.2) is 5.11 Å². The second-order valence-corrected chi connectivity index (χ2v) is 7.62. The number of nitrogens with one attached hydrogen (secondary N) is 2. The standard InChI is InChI=1S/C23H20N4O3S/c1-13-5-4-6-17(9-13)25-20(28)16(12-24)11-19-21(29)26-23(31)27(22(19)30)18-8-7-14(2)15(3)10-18/h4-11,19H,1-3H3,(H,25,28)(H,26,29,31)/b16-11+/t19-/m0/s1. The van der Waals surface area contributed by atoms with E-state index in [1.165, 1.54) is 4.90 Å². The largest absolute Gasteiger partial charge is 0.321 e. The molecule has 2 aromatic carbocycles. The predicted octanol–water partition coefficient (Wildman–Crippen LogP) is 3.06. The summed E-state index contributed by atoms with van der Waals surface area (Å²) >= 11 is 5.19. The lowest BCUT2D eigenvalue weighted by atomic mass is 10.00.